The van der Waals surface area contributed by atoms with Gasteiger partial charge in [-0.1, -0.05) is 89.6 Å². The Balaban J connectivity index is 2.33. The summed E-state index contributed by atoms with van der Waals surface area (Å²) in [6.07, 6.45) is 4.72. The molecule has 1 aliphatic rings. The maximum absolute atomic E-state index is 13.3. The molecular weight excluding hydrogens is 408 g/mol. The molecule has 0 heterocycles. The number of hydrogen-bond acceptors (Lipinski definition) is 4. The van der Waals surface area contributed by atoms with Gasteiger partial charge < -0.3 is 5.11 Å². The second kappa shape index (κ2) is 10.3. The molecule has 1 unspecified atom stereocenters. The fraction of sp³-hybridized carbons (Fsp3) is 0.538. The smallest absolute Gasteiger partial charge is 0.293 e. The van der Waals surface area contributed by atoms with Gasteiger partial charge in [0.1, 0.15) is 0 Å². The summed E-state index contributed by atoms with van der Waals surface area (Å²) >= 11 is 0. The normalized spacial score (nSPS) is 17.6. The Kier molecular flexibility index (Phi) is 8.48. The summed E-state index contributed by atoms with van der Waals surface area (Å²) < 4.78 is 32.1. The second-order valence-electron chi connectivity index (χ2n) is 9.55. The number of benzene rings is 1. The highest BCUT2D eigenvalue weighted by Crippen LogP contribution is 2.36. The topological polar surface area (TPSA) is 63.6 Å². The number of aliphatic hydroxyl groups is 1. The minimum Gasteiger partial charge on any atom is -0.385 e. The van der Waals surface area contributed by atoms with Gasteiger partial charge in [-0.2, -0.15) is 8.42 Å². The van der Waals surface area contributed by atoms with E-state index in [0.29, 0.717) is 17.2 Å². The van der Waals surface area contributed by atoms with Crippen molar-refractivity contribution in [1.82, 2.24) is 0 Å². The van der Waals surface area contributed by atoms with Gasteiger partial charge in [0.25, 0.3) is 10.1 Å². The lowest BCUT2D eigenvalue weighted by Crippen LogP contribution is -2.24. The lowest BCUT2D eigenvalue weighted by Gasteiger charge is -2.24. The van der Waals surface area contributed by atoms with E-state index in [9.17, 15) is 13.5 Å². The van der Waals surface area contributed by atoms with Crippen LogP contribution in [0.1, 0.15) is 66.9 Å². The summed E-state index contributed by atoms with van der Waals surface area (Å²) in [7, 11) is -3.94. The van der Waals surface area contributed by atoms with Crippen LogP contribution in [0.3, 0.4) is 0 Å². The van der Waals surface area contributed by atoms with E-state index >= 15 is 0 Å². The predicted molar refractivity (Wildman–Crippen MR) is 128 cm³/mol. The van der Waals surface area contributed by atoms with Gasteiger partial charge in [0, 0.05) is 12.8 Å². The van der Waals surface area contributed by atoms with E-state index < -0.39 is 15.7 Å². The van der Waals surface area contributed by atoms with Crippen molar-refractivity contribution in [2.45, 2.75) is 66.9 Å². The highest BCUT2D eigenvalue weighted by Gasteiger charge is 2.30. The average molecular weight is 447 g/mol. The molecule has 172 valence electrons. The SMILES string of the molecule is CC(C)C1=CC(C(C)C)=C(S(=O)(=O)OCCC(C)(O)c2ccccc2)CC(C(C)C)=C1. The molecule has 1 atom stereocenters. The lowest BCUT2D eigenvalue weighted by molar-refractivity contribution is 0.0345. The van der Waals surface area contributed by atoms with Gasteiger partial charge in [-0.25, -0.2) is 0 Å². The van der Waals surface area contributed by atoms with E-state index in [0.717, 1.165) is 22.3 Å². The number of rotatable bonds is 9. The van der Waals surface area contributed by atoms with Crippen LogP contribution in [0.15, 0.2) is 64.1 Å². The zero-order chi connectivity index (χ0) is 23.4. The summed E-state index contributed by atoms with van der Waals surface area (Å²) in [6, 6.07) is 9.25. The molecule has 0 fully saturated rings. The Labute approximate surface area is 188 Å². The van der Waals surface area contributed by atoms with Crippen LogP contribution in [0.25, 0.3) is 0 Å². The van der Waals surface area contributed by atoms with E-state index in [1.807, 2.05) is 50.3 Å². The molecule has 0 aromatic heterocycles. The molecule has 2 rings (SSSR count). The van der Waals surface area contributed by atoms with Gasteiger partial charge >= 0.3 is 0 Å². The first-order valence-corrected chi connectivity index (χ1v) is 12.6. The van der Waals surface area contributed by atoms with Gasteiger partial charge in [0.2, 0.25) is 0 Å². The van der Waals surface area contributed by atoms with Crippen LogP contribution < -0.4 is 0 Å². The van der Waals surface area contributed by atoms with Crippen LogP contribution in [0.2, 0.25) is 0 Å². The Morgan fingerprint density at radius 1 is 0.968 bits per heavy atom. The first-order chi connectivity index (χ1) is 14.3. The maximum Gasteiger partial charge on any atom is 0.293 e. The molecule has 5 heteroatoms. The van der Waals surface area contributed by atoms with Gasteiger partial charge in [-0.05, 0) is 41.4 Å². The molecule has 0 bridgehead atoms. The van der Waals surface area contributed by atoms with Crippen LogP contribution in [-0.4, -0.2) is 20.1 Å². The van der Waals surface area contributed by atoms with Crippen molar-refractivity contribution in [1.29, 1.82) is 0 Å². The van der Waals surface area contributed by atoms with Crippen molar-refractivity contribution in [3.05, 3.63) is 69.7 Å². The molecular formula is C26H38O4S. The lowest BCUT2D eigenvalue weighted by atomic mass is 9.93. The fourth-order valence-electron chi connectivity index (χ4n) is 3.64. The van der Waals surface area contributed by atoms with Gasteiger partial charge in [0.05, 0.1) is 17.1 Å². The van der Waals surface area contributed by atoms with Crippen molar-refractivity contribution in [3.63, 3.8) is 0 Å². The maximum atomic E-state index is 13.3. The van der Waals surface area contributed by atoms with Gasteiger partial charge in [0.15, 0.2) is 0 Å². The van der Waals surface area contributed by atoms with Gasteiger partial charge in [-0.3, -0.25) is 4.18 Å². The summed E-state index contributed by atoms with van der Waals surface area (Å²) in [4.78, 5) is 0.345. The molecule has 0 saturated carbocycles. The summed E-state index contributed by atoms with van der Waals surface area (Å²) in [5.74, 6) is 0.582. The molecule has 4 nitrogen and oxygen atoms in total. The van der Waals surface area contributed by atoms with E-state index in [2.05, 4.69) is 33.8 Å². The predicted octanol–water partition coefficient (Wildman–Crippen LogP) is 6.11. The van der Waals surface area contributed by atoms with Crippen LogP contribution in [0, 0.1) is 17.8 Å². The van der Waals surface area contributed by atoms with Crippen molar-refractivity contribution in [3.8, 4) is 0 Å². The quantitative estimate of drug-likeness (QED) is 0.465. The van der Waals surface area contributed by atoms with E-state index in [1.54, 1.807) is 6.92 Å². The third kappa shape index (κ3) is 6.64. The molecule has 1 aromatic rings. The Bertz CT molecular complexity index is 946. The van der Waals surface area contributed by atoms with E-state index in [-0.39, 0.29) is 24.9 Å². The zero-order valence-electron chi connectivity index (χ0n) is 20.0. The molecule has 0 amide bonds. The Hall–Kier alpha value is -1.69. The van der Waals surface area contributed by atoms with E-state index in [4.69, 9.17) is 4.18 Å². The minimum absolute atomic E-state index is 0.0504. The Morgan fingerprint density at radius 3 is 2.10 bits per heavy atom. The first kappa shape index (κ1) is 25.6. The first-order valence-electron chi connectivity index (χ1n) is 11.2. The van der Waals surface area contributed by atoms with Crippen LogP contribution >= 0.6 is 0 Å². The zero-order valence-corrected chi connectivity index (χ0v) is 20.8. The minimum atomic E-state index is -3.94. The average Bonchev–Trinajstić information content (AvgIpc) is 2.90. The summed E-state index contributed by atoms with van der Waals surface area (Å²) in [6.45, 7) is 14.1. The number of allylic oxidation sites excluding steroid dienone is 6. The molecule has 31 heavy (non-hydrogen) atoms. The monoisotopic (exact) mass is 446 g/mol. The van der Waals surface area contributed by atoms with Crippen LogP contribution in [0.4, 0.5) is 0 Å². The molecule has 0 saturated heterocycles. The molecule has 0 spiro atoms. The summed E-state index contributed by atoms with van der Waals surface area (Å²) in [5, 5.41) is 10.8. The molecule has 1 aromatic carbocycles. The highest BCUT2D eigenvalue weighted by atomic mass is 32.2. The second-order valence-corrected chi connectivity index (χ2v) is 11.2. The standard InChI is InChI=1S/C26H38O4S/c1-18(2)21-15-22(19(3)4)17-25(24(16-21)20(5)6)31(28,29)30-14-13-26(7,27)23-11-9-8-10-12-23/h8-12,15-16,18-20,27H,13-14,17H2,1-7H3. The van der Waals surface area contributed by atoms with Crippen molar-refractivity contribution in [2.24, 2.45) is 17.8 Å². The van der Waals surface area contributed by atoms with Crippen molar-refractivity contribution < 1.29 is 17.7 Å². The van der Waals surface area contributed by atoms with E-state index in [1.165, 1.54) is 0 Å². The summed E-state index contributed by atoms with van der Waals surface area (Å²) in [5.41, 5.74) is 2.62. The van der Waals surface area contributed by atoms with Crippen LogP contribution in [-0.2, 0) is 19.9 Å². The van der Waals surface area contributed by atoms with Crippen molar-refractivity contribution >= 4 is 10.1 Å². The third-order valence-electron chi connectivity index (χ3n) is 5.92. The molecule has 1 aliphatic carbocycles. The molecule has 0 aliphatic heterocycles. The molecule has 1 N–H and O–H groups in total. The number of hydrogen-bond donors (Lipinski definition) is 1. The molecule has 0 radical (unpaired) electrons. The van der Waals surface area contributed by atoms with Crippen LogP contribution in [0.5, 0.6) is 0 Å². The highest BCUT2D eigenvalue weighted by molar-refractivity contribution is 7.90. The third-order valence-corrected chi connectivity index (χ3v) is 7.38. The fourth-order valence-corrected chi connectivity index (χ4v) is 5.01. The van der Waals surface area contributed by atoms with Gasteiger partial charge in [-0.15, -0.1) is 0 Å². The van der Waals surface area contributed by atoms with Crippen molar-refractivity contribution in [2.75, 3.05) is 6.61 Å². The largest absolute Gasteiger partial charge is 0.385 e. The Morgan fingerprint density at radius 2 is 1.58 bits per heavy atom.